The Labute approximate surface area is 201 Å². The first-order valence-corrected chi connectivity index (χ1v) is 12.5. The molecule has 2 rings (SSSR count). The van der Waals surface area contributed by atoms with Crippen LogP contribution in [0.3, 0.4) is 0 Å². The molecule has 182 valence electrons. The number of phenolic OH excluding ortho intramolecular Hbond substituents is 1. The molecule has 1 aliphatic carbocycles. The number of allylic oxidation sites excluding steroid dienone is 3. The summed E-state index contributed by atoms with van der Waals surface area (Å²) in [5, 5.41) is 23.0. The third-order valence-electron chi connectivity index (χ3n) is 5.00. The molecule has 4 nitrogen and oxygen atoms in total. The van der Waals surface area contributed by atoms with Crippen molar-refractivity contribution in [2.45, 2.75) is 91.9 Å². The number of hydrogen-bond acceptors (Lipinski definition) is 4. The lowest BCUT2D eigenvalue weighted by Gasteiger charge is -2.24. The highest BCUT2D eigenvalue weighted by molar-refractivity contribution is 7.80. The van der Waals surface area contributed by atoms with E-state index in [1.807, 2.05) is 32.9 Å². The second kappa shape index (κ2) is 18.7. The Morgan fingerprint density at radius 2 is 1.97 bits per heavy atom. The summed E-state index contributed by atoms with van der Waals surface area (Å²) >= 11 is 5.31. The van der Waals surface area contributed by atoms with Gasteiger partial charge in [-0.15, -0.1) is 6.58 Å². The molecule has 1 unspecified atom stereocenters. The molecule has 0 spiro atoms. The number of ether oxygens (including phenoxy) is 1. The summed E-state index contributed by atoms with van der Waals surface area (Å²) in [4.78, 5) is 0. The van der Waals surface area contributed by atoms with Gasteiger partial charge in [0.25, 0.3) is 5.17 Å². The molecule has 1 atom stereocenters. The molecule has 32 heavy (non-hydrogen) atoms. The molecular formula is C27H45NO3S. The third kappa shape index (κ3) is 11.7. The molecule has 0 saturated carbocycles. The summed E-state index contributed by atoms with van der Waals surface area (Å²) in [6, 6.07) is 3.92. The van der Waals surface area contributed by atoms with Crippen LogP contribution in [0.5, 0.6) is 11.5 Å². The smallest absolute Gasteiger partial charge is 0.262 e. The Bertz CT molecular complexity index is 700. The number of aliphatic hydroxyl groups excluding tert-OH is 1. The SMILES string of the molecule is C=CC.CC.CCCCCc1cc(O)c(C2C=C(C)CCC2)c(OC(=S)NCCCO)c1. The van der Waals surface area contributed by atoms with E-state index in [0.29, 0.717) is 24.5 Å². The van der Waals surface area contributed by atoms with Crippen LogP contribution in [0.4, 0.5) is 0 Å². The summed E-state index contributed by atoms with van der Waals surface area (Å²) in [5.41, 5.74) is 3.27. The average molecular weight is 464 g/mol. The lowest BCUT2D eigenvalue weighted by atomic mass is 9.84. The number of unbranched alkanes of at least 4 members (excludes halogenated alkanes) is 2. The molecule has 3 N–H and O–H groups in total. The van der Waals surface area contributed by atoms with Gasteiger partial charge in [0.15, 0.2) is 0 Å². The Hall–Kier alpha value is -1.85. The van der Waals surface area contributed by atoms with Gasteiger partial charge in [0.05, 0.1) is 0 Å². The minimum atomic E-state index is 0.112. The Morgan fingerprint density at radius 3 is 2.56 bits per heavy atom. The van der Waals surface area contributed by atoms with E-state index in [9.17, 15) is 5.11 Å². The third-order valence-corrected chi connectivity index (χ3v) is 5.23. The van der Waals surface area contributed by atoms with Crippen LogP contribution in [0, 0.1) is 0 Å². The van der Waals surface area contributed by atoms with E-state index in [-0.39, 0.29) is 17.7 Å². The molecule has 0 bridgehead atoms. The van der Waals surface area contributed by atoms with Crippen molar-refractivity contribution in [2.75, 3.05) is 13.2 Å². The highest BCUT2D eigenvalue weighted by Crippen LogP contribution is 2.42. The first-order chi connectivity index (χ1) is 15.5. The van der Waals surface area contributed by atoms with E-state index in [0.717, 1.165) is 43.2 Å². The Morgan fingerprint density at radius 1 is 1.28 bits per heavy atom. The molecular weight excluding hydrogens is 418 g/mol. The second-order valence-corrected chi connectivity index (χ2v) is 8.17. The van der Waals surface area contributed by atoms with Crippen molar-refractivity contribution < 1.29 is 14.9 Å². The van der Waals surface area contributed by atoms with E-state index < -0.39 is 0 Å². The molecule has 0 heterocycles. The molecule has 0 aromatic heterocycles. The Balaban J connectivity index is 0.00000177. The number of thiocarbonyl (C=S) groups is 1. The van der Waals surface area contributed by atoms with Crippen molar-refractivity contribution >= 4 is 17.4 Å². The number of aliphatic hydroxyl groups is 1. The summed E-state index contributed by atoms with van der Waals surface area (Å²) < 4.78 is 5.96. The molecule has 0 radical (unpaired) electrons. The van der Waals surface area contributed by atoms with Crippen LogP contribution in [0.15, 0.2) is 36.4 Å². The van der Waals surface area contributed by atoms with Gasteiger partial charge in [-0.05, 0) is 82.3 Å². The highest BCUT2D eigenvalue weighted by atomic mass is 32.1. The quantitative estimate of drug-likeness (QED) is 0.205. The van der Waals surface area contributed by atoms with Crippen molar-refractivity contribution in [1.29, 1.82) is 0 Å². The minimum absolute atomic E-state index is 0.112. The van der Waals surface area contributed by atoms with Crippen LogP contribution in [0.2, 0.25) is 0 Å². The summed E-state index contributed by atoms with van der Waals surface area (Å²) in [6.45, 7) is 14.3. The largest absolute Gasteiger partial charge is 0.507 e. The zero-order valence-electron chi connectivity index (χ0n) is 20.9. The van der Waals surface area contributed by atoms with Crippen molar-refractivity contribution in [1.82, 2.24) is 5.32 Å². The Kier molecular flexibility index (Phi) is 17.6. The van der Waals surface area contributed by atoms with E-state index in [2.05, 4.69) is 31.8 Å². The number of aromatic hydroxyl groups is 1. The molecule has 0 amide bonds. The molecule has 5 heteroatoms. The normalized spacial score (nSPS) is 14.7. The standard InChI is InChI=1S/C22H33NO3S.C3H6.C2H6/c1-3-4-5-9-17-14-19(25)21(18-10-6-8-16(2)13-18)20(15-17)26-22(27)23-11-7-12-24;1-3-2;1-2/h13-15,18,24-25H,3-12H2,1-2H3,(H,23,27);3H,1H2,2H3;1-2H3. The van der Waals surface area contributed by atoms with Crippen molar-refractivity contribution in [3.63, 3.8) is 0 Å². The minimum Gasteiger partial charge on any atom is -0.507 e. The van der Waals surface area contributed by atoms with Gasteiger partial charge in [0.1, 0.15) is 11.5 Å². The zero-order valence-corrected chi connectivity index (χ0v) is 21.7. The van der Waals surface area contributed by atoms with Crippen LogP contribution >= 0.6 is 12.2 Å². The number of rotatable bonds is 9. The maximum Gasteiger partial charge on any atom is 0.262 e. The van der Waals surface area contributed by atoms with Crippen molar-refractivity contribution in [2.24, 2.45) is 0 Å². The number of phenols is 1. The van der Waals surface area contributed by atoms with Crippen LogP contribution in [-0.4, -0.2) is 28.5 Å². The summed E-state index contributed by atoms with van der Waals surface area (Å²) in [6.07, 6.45) is 12.2. The van der Waals surface area contributed by atoms with Crippen LogP contribution in [0.1, 0.15) is 96.6 Å². The van der Waals surface area contributed by atoms with Crippen LogP contribution in [0.25, 0.3) is 0 Å². The fourth-order valence-electron chi connectivity index (χ4n) is 3.59. The molecule has 0 aliphatic heterocycles. The molecule has 1 aromatic carbocycles. The first kappa shape index (κ1) is 30.1. The van der Waals surface area contributed by atoms with E-state index in [1.54, 1.807) is 6.08 Å². The number of benzene rings is 1. The van der Waals surface area contributed by atoms with Gasteiger partial charge in [-0.2, -0.15) is 0 Å². The number of hydrogen-bond donors (Lipinski definition) is 3. The number of nitrogens with one attached hydrogen (secondary N) is 1. The molecule has 1 aliphatic rings. The fourth-order valence-corrected chi connectivity index (χ4v) is 3.78. The summed E-state index contributed by atoms with van der Waals surface area (Å²) in [5.74, 6) is 1.10. The fraction of sp³-hybridized carbons (Fsp3) is 0.593. The van der Waals surface area contributed by atoms with Gasteiger partial charge in [-0.25, -0.2) is 0 Å². The lowest BCUT2D eigenvalue weighted by molar-refractivity contribution is 0.288. The summed E-state index contributed by atoms with van der Waals surface area (Å²) in [7, 11) is 0. The van der Waals surface area contributed by atoms with Crippen LogP contribution < -0.4 is 10.1 Å². The van der Waals surface area contributed by atoms with Gasteiger partial charge in [0, 0.05) is 24.6 Å². The van der Waals surface area contributed by atoms with Crippen molar-refractivity contribution in [3.8, 4) is 11.5 Å². The van der Waals surface area contributed by atoms with Gasteiger partial charge in [-0.3, -0.25) is 0 Å². The first-order valence-electron chi connectivity index (χ1n) is 12.1. The molecule has 0 saturated heterocycles. The predicted octanol–water partition coefficient (Wildman–Crippen LogP) is 7.19. The molecule has 1 aromatic rings. The number of aryl methyl sites for hydroxylation is 1. The zero-order chi connectivity index (χ0) is 24.4. The topological polar surface area (TPSA) is 61.7 Å². The second-order valence-electron chi connectivity index (χ2n) is 7.80. The lowest BCUT2D eigenvalue weighted by Crippen LogP contribution is -2.28. The predicted molar refractivity (Wildman–Crippen MR) is 142 cm³/mol. The van der Waals surface area contributed by atoms with Crippen molar-refractivity contribution in [3.05, 3.63) is 47.6 Å². The highest BCUT2D eigenvalue weighted by Gasteiger charge is 2.23. The monoisotopic (exact) mass is 463 g/mol. The van der Waals surface area contributed by atoms with E-state index in [4.69, 9.17) is 22.1 Å². The van der Waals surface area contributed by atoms with Gasteiger partial charge < -0.3 is 20.3 Å². The van der Waals surface area contributed by atoms with Gasteiger partial charge >= 0.3 is 0 Å². The molecule has 0 fully saturated rings. The van der Waals surface area contributed by atoms with E-state index >= 15 is 0 Å². The average Bonchev–Trinajstić information content (AvgIpc) is 2.76. The van der Waals surface area contributed by atoms with E-state index in [1.165, 1.54) is 18.4 Å². The van der Waals surface area contributed by atoms with Gasteiger partial charge in [0.2, 0.25) is 0 Å². The van der Waals surface area contributed by atoms with Gasteiger partial charge in [-0.1, -0.05) is 51.3 Å². The maximum absolute atomic E-state index is 10.8. The van der Waals surface area contributed by atoms with Crippen LogP contribution in [-0.2, 0) is 6.42 Å². The maximum atomic E-state index is 10.8.